The van der Waals surface area contributed by atoms with Gasteiger partial charge in [0.05, 0.1) is 17.7 Å². The highest BCUT2D eigenvalue weighted by atomic mass is 32.2. The smallest absolute Gasteiger partial charge is 0.322 e. The summed E-state index contributed by atoms with van der Waals surface area (Å²) in [6.45, 7) is 3.09. The summed E-state index contributed by atoms with van der Waals surface area (Å²) >= 11 is 0. The van der Waals surface area contributed by atoms with E-state index in [0.717, 1.165) is 0 Å². The van der Waals surface area contributed by atoms with Crippen molar-refractivity contribution >= 4 is 16.0 Å². The van der Waals surface area contributed by atoms with Gasteiger partial charge >= 0.3 is 5.97 Å². The number of aryl methyl sites for hydroxylation is 2. The van der Waals surface area contributed by atoms with Gasteiger partial charge in [-0.05, 0) is 13.8 Å². The number of rotatable bonds is 6. The van der Waals surface area contributed by atoms with Crippen LogP contribution < -0.4 is 4.72 Å². The predicted molar refractivity (Wildman–Crippen MR) is 72.1 cm³/mol. The van der Waals surface area contributed by atoms with Crippen LogP contribution in [-0.4, -0.2) is 45.7 Å². The molecule has 4 N–H and O–H groups in total. The average Bonchev–Trinajstić information content (AvgIpc) is 2.98. The van der Waals surface area contributed by atoms with Crippen LogP contribution in [0.4, 0.5) is 0 Å². The lowest BCUT2D eigenvalue weighted by Crippen LogP contribution is -2.42. The van der Waals surface area contributed by atoms with Gasteiger partial charge in [0.1, 0.15) is 10.9 Å². The van der Waals surface area contributed by atoms with E-state index in [0.29, 0.717) is 11.4 Å². The molecular weight excluding hydrogens is 298 g/mol. The van der Waals surface area contributed by atoms with E-state index < -0.39 is 22.0 Å². The molecule has 0 spiro atoms. The van der Waals surface area contributed by atoms with Gasteiger partial charge in [0.25, 0.3) is 0 Å². The highest BCUT2D eigenvalue weighted by Crippen LogP contribution is 2.17. The third kappa shape index (κ3) is 3.28. The monoisotopic (exact) mass is 313 g/mol. The normalized spacial score (nSPS) is 13.2. The first kappa shape index (κ1) is 15.2. The van der Waals surface area contributed by atoms with Crippen molar-refractivity contribution in [1.29, 1.82) is 0 Å². The molecule has 114 valence electrons. The molecule has 0 aliphatic rings. The molecule has 1 unspecified atom stereocenters. The van der Waals surface area contributed by atoms with E-state index in [4.69, 9.17) is 0 Å². The molecule has 0 saturated carbocycles. The van der Waals surface area contributed by atoms with Gasteiger partial charge < -0.3 is 10.1 Å². The van der Waals surface area contributed by atoms with E-state index in [1.165, 1.54) is 19.4 Å². The van der Waals surface area contributed by atoms with Crippen LogP contribution in [0.3, 0.4) is 0 Å². The van der Waals surface area contributed by atoms with Crippen molar-refractivity contribution < 1.29 is 18.3 Å². The van der Waals surface area contributed by atoms with Crippen LogP contribution in [0.25, 0.3) is 0 Å². The maximum Gasteiger partial charge on any atom is 0.322 e. The predicted octanol–water partition coefficient (Wildman–Crippen LogP) is -0.276. The minimum absolute atomic E-state index is 0.0293. The number of carboxylic acid groups (broad SMARTS) is 1. The largest absolute Gasteiger partial charge is 0.480 e. The topological polar surface area (TPSA) is 141 Å². The van der Waals surface area contributed by atoms with Crippen molar-refractivity contribution in [3.05, 3.63) is 29.6 Å². The molecule has 21 heavy (non-hydrogen) atoms. The zero-order valence-electron chi connectivity index (χ0n) is 11.4. The fraction of sp³-hybridized carbons (Fsp3) is 0.364. The number of carboxylic acids is 1. The molecule has 1 atom stereocenters. The second-order valence-electron chi connectivity index (χ2n) is 4.56. The van der Waals surface area contributed by atoms with E-state index in [9.17, 15) is 18.3 Å². The SMILES string of the molecule is Cc1n[nH]c(C)c1S(=O)(=O)NC(Cc1cnc[nH]1)C(=O)O. The Balaban J connectivity index is 2.26. The lowest BCUT2D eigenvalue weighted by atomic mass is 10.2. The van der Waals surface area contributed by atoms with Crippen LogP contribution in [0, 0.1) is 13.8 Å². The number of carbonyl (C=O) groups is 1. The summed E-state index contributed by atoms with van der Waals surface area (Å²) < 4.78 is 26.8. The quantitative estimate of drug-likeness (QED) is 0.578. The number of imidazole rings is 1. The molecule has 2 heterocycles. The van der Waals surface area contributed by atoms with Crippen molar-refractivity contribution in [2.75, 3.05) is 0 Å². The number of aromatic amines is 2. The zero-order chi connectivity index (χ0) is 15.6. The molecule has 0 saturated heterocycles. The molecule has 9 nitrogen and oxygen atoms in total. The van der Waals surface area contributed by atoms with Crippen LogP contribution in [-0.2, 0) is 21.2 Å². The van der Waals surface area contributed by atoms with E-state index >= 15 is 0 Å². The molecule has 2 rings (SSSR count). The number of hydrogen-bond donors (Lipinski definition) is 4. The van der Waals surface area contributed by atoms with Crippen molar-refractivity contribution in [2.45, 2.75) is 31.2 Å². The molecule has 0 aromatic carbocycles. The summed E-state index contributed by atoms with van der Waals surface area (Å²) in [6, 6.07) is -1.30. The molecule has 2 aromatic heterocycles. The van der Waals surface area contributed by atoms with Crippen molar-refractivity contribution in [1.82, 2.24) is 24.9 Å². The van der Waals surface area contributed by atoms with Gasteiger partial charge in [-0.3, -0.25) is 9.89 Å². The maximum absolute atomic E-state index is 12.3. The van der Waals surface area contributed by atoms with Gasteiger partial charge in [-0.2, -0.15) is 9.82 Å². The van der Waals surface area contributed by atoms with E-state index in [2.05, 4.69) is 24.9 Å². The number of aromatic nitrogens is 4. The van der Waals surface area contributed by atoms with E-state index in [-0.39, 0.29) is 17.0 Å². The van der Waals surface area contributed by atoms with Gasteiger partial charge in [-0.25, -0.2) is 13.4 Å². The summed E-state index contributed by atoms with van der Waals surface area (Å²) in [7, 11) is -3.98. The van der Waals surface area contributed by atoms with Crippen molar-refractivity contribution in [3.8, 4) is 0 Å². The van der Waals surface area contributed by atoms with Crippen molar-refractivity contribution in [2.24, 2.45) is 0 Å². The number of nitrogens with one attached hydrogen (secondary N) is 3. The third-order valence-electron chi connectivity index (χ3n) is 2.90. The maximum atomic E-state index is 12.3. The molecule has 2 aromatic rings. The summed E-state index contributed by atoms with van der Waals surface area (Å²) in [5.41, 5.74) is 1.15. The fourth-order valence-corrected chi connectivity index (χ4v) is 3.54. The Labute approximate surface area is 120 Å². The molecule has 0 amide bonds. The zero-order valence-corrected chi connectivity index (χ0v) is 12.2. The van der Waals surface area contributed by atoms with Crippen molar-refractivity contribution in [3.63, 3.8) is 0 Å². The van der Waals surface area contributed by atoms with Gasteiger partial charge in [0.15, 0.2) is 0 Å². The summed E-state index contributed by atoms with van der Waals surface area (Å²) in [5.74, 6) is -1.27. The summed E-state index contributed by atoms with van der Waals surface area (Å²) in [5, 5.41) is 15.5. The third-order valence-corrected chi connectivity index (χ3v) is 4.64. The summed E-state index contributed by atoms with van der Waals surface area (Å²) in [4.78, 5) is 17.7. The summed E-state index contributed by atoms with van der Waals surface area (Å²) in [6.07, 6.45) is 2.80. The van der Waals surface area contributed by atoms with Gasteiger partial charge in [-0.15, -0.1) is 0 Å². The standard InChI is InChI=1S/C11H15N5O4S/c1-6-10(7(2)15-14-6)21(19,20)16-9(11(17)18)3-8-4-12-5-13-8/h4-5,9,16H,3H2,1-2H3,(H,12,13)(H,14,15)(H,17,18). The number of sulfonamides is 1. The fourth-order valence-electron chi connectivity index (χ4n) is 1.98. The Morgan fingerprint density at radius 2 is 2.19 bits per heavy atom. The van der Waals surface area contributed by atoms with Gasteiger partial charge in [0.2, 0.25) is 10.0 Å². The number of aliphatic carboxylic acids is 1. The Hall–Kier alpha value is -2.20. The molecule has 0 aliphatic heterocycles. The molecule has 0 bridgehead atoms. The average molecular weight is 313 g/mol. The number of hydrogen-bond acceptors (Lipinski definition) is 5. The first-order chi connectivity index (χ1) is 9.81. The van der Waals surface area contributed by atoms with Crippen LogP contribution in [0.5, 0.6) is 0 Å². The first-order valence-electron chi connectivity index (χ1n) is 6.05. The number of H-pyrrole nitrogens is 2. The Morgan fingerprint density at radius 3 is 2.67 bits per heavy atom. The van der Waals surface area contributed by atoms with Gasteiger partial charge in [-0.1, -0.05) is 0 Å². The van der Waals surface area contributed by atoms with Crippen LogP contribution >= 0.6 is 0 Å². The molecule has 0 aliphatic carbocycles. The Morgan fingerprint density at radius 1 is 1.48 bits per heavy atom. The highest BCUT2D eigenvalue weighted by molar-refractivity contribution is 7.89. The molecule has 0 radical (unpaired) electrons. The van der Waals surface area contributed by atoms with E-state index in [1.54, 1.807) is 6.92 Å². The number of nitrogens with zero attached hydrogens (tertiary/aromatic N) is 2. The van der Waals surface area contributed by atoms with Crippen LogP contribution in [0.1, 0.15) is 17.1 Å². The molecule has 10 heteroatoms. The Bertz CT molecular complexity index is 715. The first-order valence-corrected chi connectivity index (χ1v) is 7.53. The van der Waals surface area contributed by atoms with Crippen LogP contribution in [0.2, 0.25) is 0 Å². The lowest BCUT2D eigenvalue weighted by molar-refractivity contribution is -0.138. The van der Waals surface area contributed by atoms with Crippen LogP contribution in [0.15, 0.2) is 17.4 Å². The molecule has 0 fully saturated rings. The second-order valence-corrected chi connectivity index (χ2v) is 6.21. The minimum atomic E-state index is -3.98. The molecular formula is C11H15N5O4S. The van der Waals surface area contributed by atoms with Gasteiger partial charge in [0, 0.05) is 18.3 Å². The van der Waals surface area contributed by atoms with E-state index in [1.807, 2.05) is 0 Å². The second kappa shape index (κ2) is 5.66. The minimum Gasteiger partial charge on any atom is -0.480 e. The highest BCUT2D eigenvalue weighted by Gasteiger charge is 2.29. The Kier molecular flexibility index (Phi) is 4.09. The lowest BCUT2D eigenvalue weighted by Gasteiger charge is -2.14.